The van der Waals surface area contributed by atoms with E-state index in [4.69, 9.17) is 9.47 Å². The number of carbonyl (C=O) groups is 1. The van der Waals surface area contributed by atoms with Crippen LogP contribution in [0.1, 0.15) is 39.9 Å². The molecule has 28 heavy (non-hydrogen) atoms. The molecule has 0 saturated carbocycles. The first-order chi connectivity index (χ1) is 13.3. The Kier molecular flexibility index (Phi) is 4.47. The molecule has 148 valence electrons. The number of sulfonamides is 1. The number of benzene rings is 2. The number of nitrogens with zero attached hydrogens (tertiary/aromatic N) is 1. The fraction of sp³-hybridized carbons (Fsp3) is 0.381. The molecule has 2 aliphatic rings. The van der Waals surface area contributed by atoms with E-state index in [0.717, 1.165) is 16.7 Å². The number of esters is 1. The van der Waals surface area contributed by atoms with E-state index in [2.05, 4.69) is 0 Å². The first-order valence-corrected chi connectivity index (χ1v) is 10.7. The molecule has 1 spiro atoms. The van der Waals surface area contributed by atoms with Crippen molar-refractivity contribution in [2.24, 2.45) is 0 Å². The molecule has 4 rings (SSSR count). The van der Waals surface area contributed by atoms with E-state index < -0.39 is 15.6 Å². The molecule has 0 radical (unpaired) electrons. The van der Waals surface area contributed by atoms with Crippen LogP contribution in [0.4, 0.5) is 0 Å². The van der Waals surface area contributed by atoms with E-state index in [1.807, 2.05) is 32.0 Å². The number of aryl methyl sites for hydroxylation is 2. The van der Waals surface area contributed by atoms with E-state index in [-0.39, 0.29) is 10.9 Å². The molecule has 0 unspecified atom stereocenters. The lowest BCUT2D eigenvalue weighted by Gasteiger charge is -2.38. The highest BCUT2D eigenvalue weighted by atomic mass is 32.2. The zero-order valence-corrected chi connectivity index (χ0v) is 17.0. The average Bonchev–Trinajstić information content (AvgIpc) is 2.94. The molecular formula is C21H23NO5S. The number of piperidine rings is 1. The molecule has 2 aliphatic heterocycles. The number of fused-ring (bicyclic) bond motifs is 2. The molecule has 2 aromatic rings. The summed E-state index contributed by atoms with van der Waals surface area (Å²) in [5, 5.41) is 0. The summed E-state index contributed by atoms with van der Waals surface area (Å²) in [5.41, 5.74) is 2.31. The highest BCUT2D eigenvalue weighted by molar-refractivity contribution is 7.89. The maximum atomic E-state index is 13.2. The van der Waals surface area contributed by atoms with Gasteiger partial charge in [-0.2, -0.15) is 4.31 Å². The maximum Gasteiger partial charge on any atom is 0.339 e. The molecule has 1 fully saturated rings. The van der Waals surface area contributed by atoms with Crippen molar-refractivity contribution >= 4 is 16.0 Å². The van der Waals surface area contributed by atoms with Gasteiger partial charge in [-0.25, -0.2) is 13.2 Å². The van der Waals surface area contributed by atoms with Gasteiger partial charge in [0.15, 0.2) is 0 Å². The molecule has 0 amide bonds. The van der Waals surface area contributed by atoms with Crippen molar-refractivity contribution in [1.82, 2.24) is 4.31 Å². The Morgan fingerprint density at radius 3 is 2.29 bits per heavy atom. The number of ether oxygens (including phenoxy) is 2. The van der Waals surface area contributed by atoms with E-state index in [0.29, 0.717) is 37.2 Å². The van der Waals surface area contributed by atoms with Gasteiger partial charge in [0.1, 0.15) is 11.4 Å². The smallest absolute Gasteiger partial charge is 0.339 e. The third kappa shape index (κ3) is 2.81. The normalized spacial score (nSPS) is 18.8. The summed E-state index contributed by atoms with van der Waals surface area (Å²) < 4.78 is 38.9. The van der Waals surface area contributed by atoms with E-state index in [9.17, 15) is 13.2 Å². The van der Waals surface area contributed by atoms with Crippen molar-refractivity contribution in [2.75, 3.05) is 20.2 Å². The predicted octanol–water partition coefficient (Wildman–Crippen LogP) is 3.16. The Balaban J connectivity index is 1.60. The van der Waals surface area contributed by atoms with Crippen LogP contribution in [0.2, 0.25) is 0 Å². The molecule has 0 N–H and O–H groups in total. The molecule has 0 aliphatic carbocycles. The summed E-state index contributed by atoms with van der Waals surface area (Å²) in [6, 6.07) is 10.7. The zero-order valence-electron chi connectivity index (χ0n) is 16.2. The van der Waals surface area contributed by atoms with Gasteiger partial charge in [-0.3, -0.25) is 0 Å². The monoisotopic (exact) mass is 401 g/mol. The Morgan fingerprint density at radius 1 is 1.07 bits per heavy atom. The molecule has 0 atom stereocenters. The molecule has 6 nitrogen and oxygen atoms in total. The van der Waals surface area contributed by atoms with Crippen LogP contribution in [0, 0.1) is 13.8 Å². The predicted molar refractivity (Wildman–Crippen MR) is 104 cm³/mol. The highest BCUT2D eigenvalue weighted by Gasteiger charge is 2.48. The molecule has 0 aromatic heterocycles. The first kappa shape index (κ1) is 19.0. The Bertz CT molecular complexity index is 1030. The largest absolute Gasteiger partial charge is 0.496 e. The van der Waals surface area contributed by atoms with E-state index in [1.54, 1.807) is 25.3 Å². The summed E-state index contributed by atoms with van der Waals surface area (Å²) >= 11 is 0. The molecule has 1 saturated heterocycles. The van der Waals surface area contributed by atoms with Gasteiger partial charge in [0, 0.05) is 31.5 Å². The van der Waals surface area contributed by atoms with Crippen molar-refractivity contribution in [3.05, 3.63) is 58.7 Å². The van der Waals surface area contributed by atoms with E-state index in [1.165, 1.54) is 4.31 Å². The van der Waals surface area contributed by atoms with Crippen LogP contribution in [-0.4, -0.2) is 38.9 Å². The van der Waals surface area contributed by atoms with Crippen molar-refractivity contribution in [3.8, 4) is 5.75 Å². The van der Waals surface area contributed by atoms with Gasteiger partial charge in [0.2, 0.25) is 10.0 Å². The van der Waals surface area contributed by atoms with Crippen LogP contribution in [0.5, 0.6) is 5.75 Å². The van der Waals surface area contributed by atoms with Gasteiger partial charge in [-0.1, -0.05) is 18.2 Å². The maximum absolute atomic E-state index is 13.2. The lowest BCUT2D eigenvalue weighted by molar-refractivity contribution is -0.0329. The fourth-order valence-electron chi connectivity index (χ4n) is 4.34. The standard InChI is InChI=1S/C21H23NO5S/c1-14-12-16(13-15(2)19(14)26-3)28(24,25)22-10-8-21(9-11-22)18-7-5-4-6-17(18)20(23)27-21/h4-7,12-13H,8-11H2,1-3H3. The van der Waals surface area contributed by atoms with Crippen molar-refractivity contribution in [3.63, 3.8) is 0 Å². The van der Waals surface area contributed by atoms with Crippen LogP contribution in [0.25, 0.3) is 0 Å². The molecule has 7 heteroatoms. The number of carbonyl (C=O) groups excluding carboxylic acids is 1. The third-order valence-electron chi connectivity index (χ3n) is 5.73. The number of hydrogen-bond donors (Lipinski definition) is 0. The molecule has 2 heterocycles. The third-order valence-corrected chi connectivity index (χ3v) is 7.61. The summed E-state index contributed by atoms with van der Waals surface area (Å²) in [7, 11) is -2.05. The van der Waals surface area contributed by atoms with Crippen LogP contribution in [-0.2, 0) is 20.4 Å². The van der Waals surface area contributed by atoms with E-state index >= 15 is 0 Å². The Morgan fingerprint density at radius 2 is 1.68 bits per heavy atom. The van der Waals surface area contributed by atoms with Crippen LogP contribution < -0.4 is 4.74 Å². The van der Waals surface area contributed by atoms with Gasteiger partial charge in [-0.15, -0.1) is 0 Å². The summed E-state index contributed by atoms with van der Waals surface area (Å²) in [6.07, 6.45) is 0.895. The van der Waals surface area contributed by atoms with Crippen LogP contribution in [0.15, 0.2) is 41.3 Å². The Hall–Kier alpha value is -2.38. The highest BCUT2D eigenvalue weighted by Crippen LogP contribution is 2.44. The fourth-order valence-corrected chi connectivity index (χ4v) is 5.95. The Labute approximate surface area is 165 Å². The second kappa shape index (κ2) is 6.60. The average molecular weight is 401 g/mol. The lowest BCUT2D eigenvalue weighted by atomic mass is 9.84. The van der Waals surface area contributed by atoms with Gasteiger partial charge in [0.25, 0.3) is 0 Å². The second-order valence-electron chi connectivity index (χ2n) is 7.42. The number of methoxy groups -OCH3 is 1. The minimum atomic E-state index is -3.63. The van der Waals surface area contributed by atoms with Crippen LogP contribution >= 0.6 is 0 Å². The number of hydrogen-bond acceptors (Lipinski definition) is 5. The lowest BCUT2D eigenvalue weighted by Crippen LogP contribution is -2.45. The minimum absolute atomic E-state index is 0.267. The number of rotatable bonds is 3. The summed E-state index contributed by atoms with van der Waals surface area (Å²) in [6.45, 7) is 4.28. The van der Waals surface area contributed by atoms with Gasteiger partial charge in [-0.05, 0) is 43.2 Å². The molecule has 0 bridgehead atoms. The summed E-state index contributed by atoms with van der Waals surface area (Å²) in [4.78, 5) is 12.5. The molecule has 2 aromatic carbocycles. The van der Waals surface area contributed by atoms with Crippen molar-refractivity contribution in [1.29, 1.82) is 0 Å². The molecular weight excluding hydrogens is 378 g/mol. The van der Waals surface area contributed by atoms with Crippen LogP contribution in [0.3, 0.4) is 0 Å². The van der Waals surface area contributed by atoms with Gasteiger partial charge < -0.3 is 9.47 Å². The topological polar surface area (TPSA) is 72.9 Å². The van der Waals surface area contributed by atoms with Crippen molar-refractivity contribution in [2.45, 2.75) is 37.2 Å². The minimum Gasteiger partial charge on any atom is -0.496 e. The zero-order chi connectivity index (χ0) is 20.1. The van der Waals surface area contributed by atoms with Gasteiger partial charge in [0.05, 0.1) is 17.6 Å². The quantitative estimate of drug-likeness (QED) is 0.739. The first-order valence-electron chi connectivity index (χ1n) is 9.27. The van der Waals surface area contributed by atoms with Crippen molar-refractivity contribution < 1.29 is 22.7 Å². The summed E-state index contributed by atoms with van der Waals surface area (Å²) in [5.74, 6) is 0.374. The van der Waals surface area contributed by atoms with Gasteiger partial charge >= 0.3 is 5.97 Å². The second-order valence-corrected chi connectivity index (χ2v) is 9.36. The SMILES string of the molecule is COc1c(C)cc(S(=O)(=O)N2CCC3(CC2)OC(=O)c2ccccc23)cc1C.